The van der Waals surface area contributed by atoms with Crippen molar-refractivity contribution in [3.63, 3.8) is 0 Å². The predicted molar refractivity (Wildman–Crippen MR) is 190 cm³/mol. The number of rotatable bonds is 12. The van der Waals surface area contributed by atoms with Gasteiger partial charge in [-0.05, 0) is 85.6 Å². The van der Waals surface area contributed by atoms with E-state index in [0.717, 1.165) is 15.6 Å². The largest absolute Gasteiger partial charge is 0.493 e. The third kappa shape index (κ3) is 7.94. The topological polar surface area (TPSA) is 134 Å². The second-order valence-corrected chi connectivity index (χ2v) is 11.8. The first kappa shape index (κ1) is 34.7. The highest BCUT2D eigenvalue weighted by atomic mass is 35.5. The Bertz CT molecular complexity index is 2030. The number of carbonyl (C=O) groups excluding carboxylic acids is 3. The lowest BCUT2D eigenvalue weighted by Gasteiger charge is -2.15. The first-order valence-electron chi connectivity index (χ1n) is 14.9. The number of halogens is 1. The van der Waals surface area contributed by atoms with Gasteiger partial charge in [0.05, 0.1) is 44.7 Å². The molecule has 5 rings (SSSR count). The van der Waals surface area contributed by atoms with E-state index in [1.54, 1.807) is 49.4 Å². The summed E-state index contributed by atoms with van der Waals surface area (Å²) >= 11 is 7.80. The standard InChI is InChI=1S/C36H32ClN3O8S/c1-6-47-27-16-21(8-14-26(27)48-36(43)23-17-28(44-3)32(46-5)29(18-23)45-4)19-38-40-34(41)22-9-11-24(12-10-22)39-35(42)33-31(37)25-13-7-20(2)15-30(25)49-33/h7-19H,6H2,1-5H3,(H,39,42)(H,40,41)/b38-19-. The third-order valence-corrected chi connectivity index (χ3v) is 8.80. The fourth-order valence-electron chi connectivity index (χ4n) is 4.76. The molecule has 0 aliphatic rings. The van der Waals surface area contributed by atoms with Gasteiger partial charge >= 0.3 is 5.97 Å². The first-order chi connectivity index (χ1) is 23.6. The number of ether oxygens (including phenoxy) is 5. The van der Waals surface area contributed by atoms with Crippen LogP contribution in [0.15, 0.2) is 77.9 Å². The Morgan fingerprint density at radius 3 is 2.18 bits per heavy atom. The van der Waals surface area contributed by atoms with E-state index in [1.807, 2.05) is 25.1 Å². The molecule has 0 saturated heterocycles. The number of methoxy groups -OCH3 is 3. The third-order valence-electron chi connectivity index (χ3n) is 7.15. The van der Waals surface area contributed by atoms with Crippen LogP contribution in [0.25, 0.3) is 10.1 Å². The van der Waals surface area contributed by atoms with Gasteiger partial charge < -0.3 is 29.0 Å². The second-order valence-electron chi connectivity index (χ2n) is 10.4. The van der Waals surface area contributed by atoms with E-state index < -0.39 is 11.9 Å². The van der Waals surface area contributed by atoms with Crippen molar-refractivity contribution in [2.24, 2.45) is 5.10 Å². The molecular weight excluding hydrogens is 670 g/mol. The molecule has 0 saturated carbocycles. The van der Waals surface area contributed by atoms with E-state index in [1.165, 1.54) is 51.0 Å². The number of carbonyl (C=O) groups is 3. The van der Waals surface area contributed by atoms with E-state index >= 15 is 0 Å². The molecule has 49 heavy (non-hydrogen) atoms. The fraction of sp³-hybridized carbons (Fsp3) is 0.167. The van der Waals surface area contributed by atoms with Gasteiger partial charge in [0.2, 0.25) is 5.75 Å². The van der Waals surface area contributed by atoms with Gasteiger partial charge in [-0.1, -0.05) is 23.7 Å². The van der Waals surface area contributed by atoms with E-state index in [2.05, 4.69) is 15.8 Å². The number of nitrogens with zero attached hydrogens (tertiary/aromatic N) is 1. The minimum absolute atomic E-state index is 0.177. The van der Waals surface area contributed by atoms with Crippen molar-refractivity contribution in [2.75, 3.05) is 33.3 Å². The van der Waals surface area contributed by atoms with Crippen LogP contribution in [-0.2, 0) is 0 Å². The number of esters is 1. The Labute approximate surface area is 291 Å². The van der Waals surface area contributed by atoms with Gasteiger partial charge in [0.1, 0.15) is 4.88 Å². The van der Waals surface area contributed by atoms with Crippen molar-refractivity contribution in [3.8, 4) is 28.7 Å². The Balaban J connectivity index is 1.21. The monoisotopic (exact) mass is 701 g/mol. The Kier molecular flexibility index (Phi) is 11.0. The second kappa shape index (κ2) is 15.5. The highest BCUT2D eigenvalue weighted by Gasteiger charge is 2.20. The summed E-state index contributed by atoms with van der Waals surface area (Å²) < 4.78 is 28.2. The normalized spacial score (nSPS) is 10.9. The van der Waals surface area contributed by atoms with Gasteiger partial charge in [-0.3, -0.25) is 9.59 Å². The van der Waals surface area contributed by atoms with Crippen LogP contribution in [0.2, 0.25) is 5.02 Å². The van der Waals surface area contributed by atoms with Crippen LogP contribution in [0.5, 0.6) is 28.7 Å². The number of fused-ring (bicyclic) bond motifs is 1. The van der Waals surface area contributed by atoms with Gasteiger partial charge in [0.25, 0.3) is 11.8 Å². The molecule has 2 N–H and O–H groups in total. The number of amides is 2. The fourth-order valence-corrected chi connectivity index (χ4v) is 6.27. The molecule has 13 heteroatoms. The predicted octanol–water partition coefficient (Wildman–Crippen LogP) is 7.52. The maximum atomic E-state index is 13.0. The molecular formula is C36H32ClN3O8S. The highest BCUT2D eigenvalue weighted by molar-refractivity contribution is 7.21. The van der Waals surface area contributed by atoms with Crippen LogP contribution in [-0.4, -0.2) is 51.9 Å². The van der Waals surface area contributed by atoms with Gasteiger partial charge in [0.15, 0.2) is 23.0 Å². The Hall–Kier alpha value is -5.59. The maximum absolute atomic E-state index is 13.0. The van der Waals surface area contributed by atoms with Crippen molar-refractivity contribution in [1.29, 1.82) is 0 Å². The van der Waals surface area contributed by atoms with Crippen LogP contribution >= 0.6 is 22.9 Å². The summed E-state index contributed by atoms with van der Waals surface area (Å²) in [6, 6.07) is 20.0. The molecule has 0 fully saturated rings. The van der Waals surface area contributed by atoms with Gasteiger partial charge in [-0.2, -0.15) is 5.10 Å². The van der Waals surface area contributed by atoms with E-state index in [-0.39, 0.29) is 17.2 Å². The molecule has 0 unspecified atom stereocenters. The van der Waals surface area contributed by atoms with Crippen LogP contribution in [0.4, 0.5) is 5.69 Å². The summed E-state index contributed by atoms with van der Waals surface area (Å²) in [4.78, 5) is 39.1. The molecule has 5 aromatic rings. The van der Waals surface area contributed by atoms with E-state index in [4.69, 9.17) is 35.3 Å². The van der Waals surface area contributed by atoms with Crippen LogP contribution in [0.1, 0.15) is 48.4 Å². The SMILES string of the molecule is CCOc1cc(/C=N\NC(=O)c2ccc(NC(=O)c3sc4cc(C)ccc4c3Cl)cc2)ccc1OC(=O)c1cc(OC)c(OC)c(OC)c1. The summed E-state index contributed by atoms with van der Waals surface area (Å²) in [5.41, 5.74) is 5.14. The van der Waals surface area contributed by atoms with Gasteiger partial charge in [0, 0.05) is 21.3 Å². The Morgan fingerprint density at radius 1 is 0.816 bits per heavy atom. The van der Waals surface area contributed by atoms with Crippen molar-refractivity contribution in [1.82, 2.24) is 5.43 Å². The molecule has 0 aliphatic carbocycles. The number of benzene rings is 4. The number of hydrogen-bond acceptors (Lipinski definition) is 10. The molecule has 2 amide bonds. The molecule has 4 aromatic carbocycles. The summed E-state index contributed by atoms with van der Waals surface area (Å²) in [5.74, 6) is -0.0352. The highest BCUT2D eigenvalue weighted by Crippen LogP contribution is 2.39. The molecule has 0 bridgehead atoms. The van der Waals surface area contributed by atoms with Gasteiger partial charge in [-0.15, -0.1) is 11.3 Å². The van der Waals surface area contributed by atoms with Crippen LogP contribution < -0.4 is 34.4 Å². The van der Waals surface area contributed by atoms with Crippen molar-refractivity contribution < 1.29 is 38.1 Å². The number of hydrogen-bond donors (Lipinski definition) is 2. The average molecular weight is 702 g/mol. The molecule has 0 radical (unpaired) electrons. The number of thiophene rings is 1. The zero-order valence-electron chi connectivity index (χ0n) is 27.2. The van der Waals surface area contributed by atoms with Crippen molar-refractivity contribution in [3.05, 3.63) is 105 Å². The first-order valence-corrected chi connectivity index (χ1v) is 16.1. The molecule has 11 nitrogen and oxygen atoms in total. The molecule has 0 atom stereocenters. The summed E-state index contributed by atoms with van der Waals surface area (Å²) in [5, 5.41) is 8.11. The average Bonchev–Trinajstić information content (AvgIpc) is 3.43. The minimum Gasteiger partial charge on any atom is -0.493 e. The summed E-state index contributed by atoms with van der Waals surface area (Å²) in [6.07, 6.45) is 1.43. The van der Waals surface area contributed by atoms with Gasteiger partial charge in [-0.25, -0.2) is 10.2 Å². The summed E-state index contributed by atoms with van der Waals surface area (Å²) in [7, 11) is 4.37. The minimum atomic E-state index is -0.668. The zero-order chi connectivity index (χ0) is 35.1. The number of aryl methyl sites for hydroxylation is 1. The quantitative estimate of drug-likeness (QED) is 0.0591. The molecule has 0 spiro atoms. The summed E-state index contributed by atoms with van der Waals surface area (Å²) in [6.45, 7) is 4.08. The van der Waals surface area contributed by atoms with E-state index in [9.17, 15) is 14.4 Å². The molecule has 1 aromatic heterocycles. The molecule has 252 valence electrons. The molecule has 1 heterocycles. The molecule has 0 aliphatic heterocycles. The Morgan fingerprint density at radius 2 is 1.53 bits per heavy atom. The number of hydrazone groups is 1. The maximum Gasteiger partial charge on any atom is 0.343 e. The van der Waals surface area contributed by atoms with Crippen LogP contribution in [0, 0.1) is 6.92 Å². The van der Waals surface area contributed by atoms with E-state index in [0.29, 0.717) is 56.3 Å². The van der Waals surface area contributed by atoms with Crippen molar-refractivity contribution >= 4 is 62.7 Å². The van der Waals surface area contributed by atoms with Crippen LogP contribution in [0.3, 0.4) is 0 Å². The number of anilines is 1. The lowest BCUT2D eigenvalue weighted by atomic mass is 10.1. The smallest absolute Gasteiger partial charge is 0.343 e. The lowest BCUT2D eigenvalue weighted by molar-refractivity contribution is 0.0727. The zero-order valence-corrected chi connectivity index (χ0v) is 28.8. The number of nitrogens with one attached hydrogen (secondary N) is 2. The lowest BCUT2D eigenvalue weighted by Crippen LogP contribution is -2.17. The van der Waals surface area contributed by atoms with Crippen molar-refractivity contribution in [2.45, 2.75) is 13.8 Å².